The van der Waals surface area contributed by atoms with E-state index in [0.717, 1.165) is 43.8 Å². The molecular weight excluding hydrogens is 240 g/mol. The number of nitriles is 1. The molecule has 19 heavy (non-hydrogen) atoms. The summed E-state index contributed by atoms with van der Waals surface area (Å²) < 4.78 is 5.35. The van der Waals surface area contributed by atoms with Crippen LogP contribution in [0, 0.1) is 17.2 Å². The molecule has 1 heterocycles. The average molecular weight is 260 g/mol. The summed E-state index contributed by atoms with van der Waals surface area (Å²) >= 11 is 0. The summed E-state index contributed by atoms with van der Waals surface area (Å²) in [5.74, 6) is 1.24. The van der Waals surface area contributed by atoms with Crippen LogP contribution >= 0.6 is 0 Å². The normalized spacial score (nSPS) is 17.1. The van der Waals surface area contributed by atoms with Gasteiger partial charge in [0.15, 0.2) is 0 Å². The third-order valence-corrected chi connectivity index (χ3v) is 3.78. The number of nitrogens with zero attached hydrogens (tertiary/aromatic N) is 2. The van der Waals surface area contributed by atoms with Crippen molar-refractivity contribution in [1.29, 1.82) is 5.26 Å². The Morgan fingerprint density at radius 1 is 1.42 bits per heavy atom. The lowest BCUT2D eigenvalue weighted by Gasteiger charge is -2.31. The molecule has 102 valence electrons. The summed E-state index contributed by atoms with van der Waals surface area (Å²) in [4.78, 5) is 2.37. The van der Waals surface area contributed by atoms with E-state index in [1.54, 1.807) is 13.2 Å². The molecule has 0 bridgehead atoms. The molecule has 0 spiro atoms. The van der Waals surface area contributed by atoms with Gasteiger partial charge >= 0.3 is 0 Å². The molecule has 1 aromatic rings. The van der Waals surface area contributed by atoms with Crippen molar-refractivity contribution in [2.45, 2.75) is 19.4 Å². The van der Waals surface area contributed by atoms with Gasteiger partial charge in [-0.3, -0.25) is 4.90 Å². The first-order valence-corrected chi connectivity index (χ1v) is 6.67. The monoisotopic (exact) mass is 260 g/mol. The Morgan fingerprint density at radius 2 is 2.16 bits per heavy atom. The number of rotatable bonds is 4. The Kier molecular flexibility index (Phi) is 4.78. The van der Waals surface area contributed by atoms with Crippen molar-refractivity contribution in [3.8, 4) is 11.8 Å². The molecule has 1 aromatic carbocycles. The Hall–Kier alpha value is -1.57. The number of piperidine rings is 1. The second-order valence-corrected chi connectivity index (χ2v) is 5.04. The molecule has 0 saturated carbocycles. The second-order valence-electron chi connectivity index (χ2n) is 5.04. The Balaban J connectivity index is 2.01. The van der Waals surface area contributed by atoms with E-state index in [0.29, 0.717) is 18.1 Å². The summed E-state index contributed by atoms with van der Waals surface area (Å²) in [6, 6.07) is 7.71. The van der Waals surface area contributed by atoms with E-state index < -0.39 is 0 Å². The third kappa shape index (κ3) is 3.46. The van der Waals surface area contributed by atoms with Gasteiger partial charge in [0.1, 0.15) is 5.75 Å². The predicted molar refractivity (Wildman–Crippen MR) is 72.8 cm³/mol. The number of methoxy groups -OCH3 is 1. The fraction of sp³-hybridized carbons (Fsp3) is 0.533. The van der Waals surface area contributed by atoms with Crippen molar-refractivity contribution in [2.24, 2.45) is 5.92 Å². The molecule has 0 amide bonds. The van der Waals surface area contributed by atoms with E-state index in [9.17, 15) is 0 Å². The molecule has 1 aliphatic heterocycles. The van der Waals surface area contributed by atoms with Crippen LogP contribution in [-0.4, -0.2) is 36.8 Å². The Morgan fingerprint density at radius 3 is 2.74 bits per heavy atom. The van der Waals surface area contributed by atoms with Gasteiger partial charge in [-0.2, -0.15) is 5.26 Å². The highest BCUT2D eigenvalue weighted by Crippen LogP contribution is 2.24. The van der Waals surface area contributed by atoms with Crippen LogP contribution in [0.3, 0.4) is 0 Å². The maximum Gasteiger partial charge on any atom is 0.124 e. The minimum atomic E-state index is 0.300. The first-order chi connectivity index (χ1) is 9.26. The lowest BCUT2D eigenvalue weighted by Crippen LogP contribution is -2.34. The van der Waals surface area contributed by atoms with Gasteiger partial charge in [0.25, 0.3) is 0 Å². The van der Waals surface area contributed by atoms with Crippen molar-refractivity contribution in [2.75, 3.05) is 26.8 Å². The van der Waals surface area contributed by atoms with Crippen LogP contribution in [0.25, 0.3) is 0 Å². The summed E-state index contributed by atoms with van der Waals surface area (Å²) in [6.07, 6.45) is 2.10. The van der Waals surface area contributed by atoms with Gasteiger partial charge in [-0.1, -0.05) is 6.07 Å². The zero-order valence-corrected chi connectivity index (χ0v) is 11.3. The van der Waals surface area contributed by atoms with Gasteiger partial charge in [-0.15, -0.1) is 0 Å². The largest absolute Gasteiger partial charge is 0.496 e. The second kappa shape index (κ2) is 6.55. The van der Waals surface area contributed by atoms with Crippen molar-refractivity contribution in [1.82, 2.24) is 4.90 Å². The number of ether oxygens (including phenoxy) is 1. The number of hydrogen-bond donors (Lipinski definition) is 1. The fourth-order valence-electron chi connectivity index (χ4n) is 2.51. The molecule has 0 unspecified atom stereocenters. The maximum absolute atomic E-state index is 9.14. The predicted octanol–water partition coefficient (Wildman–Crippen LogP) is 1.77. The average Bonchev–Trinajstić information content (AvgIpc) is 2.48. The van der Waals surface area contributed by atoms with Gasteiger partial charge in [-0.25, -0.2) is 0 Å². The minimum absolute atomic E-state index is 0.300. The molecule has 1 N–H and O–H groups in total. The number of aliphatic hydroxyl groups is 1. The number of aliphatic hydroxyl groups excluding tert-OH is 1. The van der Waals surface area contributed by atoms with Crippen LogP contribution in [0.15, 0.2) is 18.2 Å². The molecule has 1 aliphatic rings. The lowest BCUT2D eigenvalue weighted by molar-refractivity contribution is 0.127. The zero-order chi connectivity index (χ0) is 13.7. The van der Waals surface area contributed by atoms with E-state index >= 15 is 0 Å². The van der Waals surface area contributed by atoms with Crippen molar-refractivity contribution in [3.63, 3.8) is 0 Å². The highest BCUT2D eigenvalue weighted by molar-refractivity contribution is 5.42. The molecule has 0 aromatic heterocycles. The first-order valence-electron chi connectivity index (χ1n) is 6.67. The summed E-state index contributed by atoms with van der Waals surface area (Å²) in [7, 11) is 1.64. The van der Waals surface area contributed by atoms with Crippen molar-refractivity contribution < 1.29 is 9.84 Å². The van der Waals surface area contributed by atoms with Crippen LogP contribution in [0.4, 0.5) is 0 Å². The topological polar surface area (TPSA) is 56.5 Å². The van der Waals surface area contributed by atoms with Gasteiger partial charge in [0.05, 0.1) is 18.7 Å². The van der Waals surface area contributed by atoms with Gasteiger partial charge in [-0.05, 0) is 44.0 Å². The smallest absolute Gasteiger partial charge is 0.124 e. The molecule has 4 heteroatoms. The summed E-state index contributed by atoms with van der Waals surface area (Å²) in [5.41, 5.74) is 1.74. The van der Waals surface area contributed by atoms with Crippen molar-refractivity contribution in [3.05, 3.63) is 29.3 Å². The van der Waals surface area contributed by atoms with Crippen LogP contribution in [-0.2, 0) is 6.54 Å². The SMILES string of the molecule is COc1cc(C#N)ccc1CN1CCC(CO)CC1. The quantitative estimate of drug-likeness (QED) is 0.896. The highest BCUT2D eigenvalue weighted by atomic mass is 16.5. The summed E-state index contributed by atoms with van der Waals surface area (Å²) in [5, 5.41) is 18.0. The standard InChI is InChI=1S/C15H20N2O2/c1-19-15-8-13(9-16)2-3-14(15)10-17-6-4-12(11-18)5-7-17/h2-3,8,12,18H,4-7,10-11H2,1H3. The lowest BCUT2D eigenvalue weighted by atomic mass is 9.97. The molecule has 0 atom stereocenters. The zero-order valence-electron chi connectivity index (χ0n) is 11.3. The maximum atomic E-state index is 9.14. The van der Waals surface area contributed by atoms with Crippen molar-refractivity contribution >= 4 is 0 Å². The van der Waals surface area contributed by atoms with E-state index in [1.165, 1.54) is 0 Å². The molecule has 0 radical (unpaired) electrons. The highest BCUT2D eigenvalue weighted by Gasteiger charge is 2.19. The first kappa shape index (κ1) is 13.9. The van der Waals surface area contributed by atoms with Gasteiger partial charge in [0, 0.05) is 18.7 Å². The van der Waals surface area contributed by atoms with E-state index in [2.05, 4.69) is 11.0 Å². The molecular formula is C15H20N2O2. The van der Waals surface area contributed by atoms with Crippen LogP contribution < -0.4 is 4.74 Å². The van der Waals surface area contributed by atoms with Crippen LogP contribution in [0.1, 0.15) is 24.0 Å². The third-order valence-electron chi connectivity index (χ3n) is 3.78. The minimum Gasteiger partial charge on any atom is -0.496 e. The molecule has 0 aliphatic carbocycles. The number of benzene rings is 1. The molecule has 2 rings (SSSR count). The van der Waals surface area contributed by atoms with Crippen LogP contribution in [0.2, 0.25) is 0 Å². The number of hydrogen-bond acceptors (Lipinski definition) is 4. The number of likely N-dealkylation sites (tertiary alicyclic amines) is 1. The fourth-order valence-corrected chi connectivity index (χ4v) is 2.51. The van der Waals surface area contributed by atoms with Crippen LogP contribution in [0.5, 0.6) is 5.75 Å². The van der Waals surface area contributed by atoms with Gasteiger partial charge in [0.2, 0.25) is 0 Å². The Bertz CT molecular complexity index is 460. The molecule has 4 nitrogen and oxygen atoms in total. The Labute approximate surface area is 114 Å². The molecule has 1 saturated heterocycles. The summed E-state index contributed by atoms with van der Waals surface area (Å²) in [6.45, 7) is 3.16. The van der Waals surface area contributed by atoms with Gasteiger partial charge < -0.3 is 9.84 Å². The van der Waals surface area contributed by atoms with E-state index in [4.69, 9.17) is 15.1 Å². The van der Waals surface area contributed by atoms with E-state index in [-0.39, 0.29) is 0 Å². The molecule has 1 fully saturated rings. The van der Waals surface area contributed by atoms with E-state index in [1.807, 2.05) is 12.1 Å².